The molecule has 4 rings (SSSR count). The first-order valence-corrected chi connectivity index (χ1v) is 12.9. The van der Waals surface area contributed by atoms with E-state index >= 15 is 0 Å². The third-order valence-corrected chi connectivity index (χ3v) is 6.52. The molecule has 0 bridgehead atoms. The zero-order chi connectivity index (χ0) is 27.2. The summed E-state index contributed by atoms with van der Waals surface area (Å²) in [5, 5.41) is 4.73. The van der Waals surface area contributed by atoms with Crippen LogP contribution in [0, 0.1) is 18.7 Å². The molecule has 1 heterocycles. The number of halogens is 1. The van der Waals surface area contributed by atoms with E-state index in [9.17, 15) is 14.0 Å². The first-order chi connectivity index (χ1) is 18.3. The largest absolute Gasteiger partial charge is 0.351 e. The molecule has 0 aliphatic heterocycles. The number of amides is 1. The average molecular weight is 516 g/mol. The number of aryl methyl sites for hydroxylation is 1. The van der Waals surface area contributed by atoms with Gasteiger partial charge in [-0.15, -0.1) is 5.10 Å². The van der Waals surface area contributed by atoms with Crippen LogP contribution in [0.5, 0.6) is 0 Å². The molecule has 0 fully saturated rings. The van der Waals surface area contributed by atoms with Gasteiger partial charge in [0, 0.05) is 12.1 Å². The van der Waals surface area contributed by atoms with E-state index in [2.05, 4.69) is 0 Å². The molecule has 3 aromatic carbocycles. The minimum atomic E-state index is -0.526. The van der Waals surface area contributed by atoms with Crippen molar-refractivity contribution in [1.82, 2.24) is 19.2 Å². The second kappa shape index (κ2) is 12.0. The zero-order valence-corrected chi connectivity index (χ0v) is 22.0. The van der Waals surface area contributed by atoms with Crippen LogP contribution >= 0.6 is 0 Å². The second-order valence-electron chi connectivity index (χ2n) is 9.80. The fourth-order valence-electron chi connectivity index (χ4n) is 4.61. The van der Waals surface area contributed by atoms with Gasteiger partial charge in [0.25, 0.3) is 5.91 Å². The first kappa shape index (κ1) is 27.0. The molecule has 1 unspecified atom stereocenters. The van der Waals surface area contributed by atoms with Crippen LogP contribution in [0.4, 0.5) is 4.39 Å². The number of carbonyl (C=O) groups excluding carboxylic acids is 1. The van der Waals surface area contributed by atoms with Crippen LogP contribution in [-0.4, -0.2) is 38.2 Å². The molecule has 8 heteroatoms. The van der Waals surface area contributed by atoms with E-state index in [1.807, 2.05) is 75.4 Å². The van der Waals surface area contributed by atoms with E-state index in [-0.39, 0.29) is 18.4 Å². The Balaban J connectivity index is 1.88. The number of carbonyl (C=O) groups is 1. The van der Waals surface area contributed by atoms with Gasteiger partial charge < -0.3 is 10.6 Å². The molecule has 0 aliphatic carbocycles. The maximum absolute atomic E-state index is 14.1. The van der Waals surface area contributed by atoms with Crippen LogP contribution in [-0.2, 0) is 6.54 Å². The monoisotopic (exact) mass is 515 g/mol. The van der Waals surface area contributed by atoms with Crippen molar-refractivity contribution < 1.29 is 9.18 Å². The molecule has 4 aromatic rings. The molecule has 0 spiro atoms. The van der Waals surface area contributed by atoms with Crippen molar-refractivity contribution in [3.8, 4) is 5.69 Å². The standard InChI is InChI=1S/C30H34FN5O2/c1-21(2)27(34(18-8-17-32)29(37)24-15-13-22(3)14-16-24)28-33-36(26-12-7-11-25(31)19-26)30(38)35(28)20-23-9-5-4-6-10-23/h4-7,9-16,19,21,27H,8,17-18,20,32H2,1-3H3. The highest BCUT2D eigenvalue weighted by molar-refractivity contribution is 5.94. The Morgan fingerprint density at radius 3 is 2.37 bits per heavy atom. The van der Waals surface area contributed by atoms with Crippen LogP contribution < -0.4 is 11.4 Å². The number of nitrogens with two attached hydrogens (primary N) is 1. The average Bonchev–Trinajstić information content (AvgIpc) is 3.22. The number of benzene rings is 3. The lowest BCUT2D eigenvalue weighted by Crippen LogP contribution is -2.40. The zero-order valence-electron chi connectivity index (χ0n) is 22.0. The van der Waals surface area contributed by atoms with E-state index in [1.54, 1.807) is 21.6 Å². The fraction of sp³-hybridized carbons (Fsp3) is 0.300. The summed E-state index contributed by atoms with van der Waals surface area (Å²) >= 11 is 0. The second-order valence-corrected chi connectivity index (χ2v) is 9.80. The Morgan fingerprint density at radius 1 is 1.03 bits per heavy atom. The van der Waals surface area contributed by atoms with Gasteiger partial charge in [-0.25, -0.2) is 9.18 Å². The van der Waals surface area contributed by atoms with Crippen molar-refractivity contribution in [3.63, 3.8) is 0 Å². The van der Waals surface area contributed by atoms with Gasteiger partial charge in [-0.1, -0.05) is 67.9 Å². The van der Waals surface area contributed by atoms with Crippen LogP contribution in [0.1, 0.15) is 53.6 Å². The number of nitrogens with zero attached hydrogens (tertiary/aromatic N) is 4. The molecule has 0 aliphatic rings. The van der Waals surface area contributed by atoms with E-state index in [0.29, 0.717) is 36.6 Å². The topological polar surface area (TPSA) is 86.2 Å². The summed E-state index contributed by atoms with van der Waals surface area (Å²) in [5.41, 5.74) is 8.30. The van der Waals surface area contributed by atoms with Gasteiger partial charge in [-0.05, 0) is 61.7 Å². The number of rotatable bonds is 10. The lowest BCUT2D eigenvalue weighted by molar-refractivity contribution is 0.0603. The maximum Gasteiger partial charge on any atom is 0.351 e. The third kappa shape index (κ3) is 5.92. The van der Waals surface area contributed by atoms with Crippen LogP contribution in [0.15, 0.2) is 83.7 Å². The summed E-state index contributed by atoms with van der Waals surface area (Å²) in [6.45, 7) is 7.05. The Morgan fingerprint density at radius 2 is 1.74 bits per heavy atom. The normalized spacial score (nSPS) is 12.1. The fourth-order valence-corrected chi connectivity index (χ4v) is 4.61. The molecule has 2 N–H and O–H groups in total. The summed E-state index contributed by atoms with van der Waals surface area (Å²) in [5.74, 6) is -0.265. The molecule has 0 radical (unpaired) electrons. The molecule has 0 saturated heterocycles. The number of aromatic nitrogens is 3. The maximum atomic E-state index is 14.1. The Labute approximate surface area is 222 Å². The predicted octanol–water partition coefficient (Wildman–Crippen LogP) is 4.72. The first-order valence-electron chi connectivity index (χ1n) is 12.9. The summed E-state index contributed by atoms with van der Waals surface area (Å²) in [7, 11) is 0. The van der Waals surface area contributed by atoms with E-state index in [0.717, 1.165) is 11.1 Å². The lowest BCUT2D eigenvalue weighted by Gasteiger charge is -2.34. The Kier molecular flexibility index (Phi) is 8.53. The molecule has 198 valence electrons. The molecule has 38 heavy (non-hydrogen) atoms. The molecule has 1 aromatic heterocycles. The van der Waals surface area contributed by atoms with Crippen molar-refractivity contribution in [2.24, 2.45) is 11.7 Å². The van der Waals surface area contributed by atoms with E-state index in [4.69, 9.17) is 10.8 Å². The van der Waals surface area contributed by atoms with Crippen LogP contribution in [0.2, 0.25) is 0 Å². The van der Waals surface area contributed by atoms with Gasteiger partial charge in [-0.2, -0.15) is 4.68 Å². The molecule has 1 amide bonds. The minimum Gasteiger partial charge on any atom is -0.330 e. The lowest BCUT2D eigenvalue weighted by atomic mass is 9.99. The summed E-state index contributed by atoms with van der Waals surface area (Å²) < 4.78 is 16.9. The third-order valence-electron chi connectivity index (χ3n) is 6.52. The van der Waals surface area contributed by atoms with Gasteiger partial charge in [0.1, 0.15) is 5.82 Å². The minimum absolute atomic E-state index is 0.0838. The Bertz CT molecular complexity index is 1430. The Hall–Kier alpha value is -4.04. The highest BCUT2D eigenvalue weighted by atomic mass is 19.1. The predicted molar refractivity (Wildman–Crippen MR) is 147 cm³/mol. The molecule has 1 atom stereocenters. The van der Waals surface area contributed by atoms with Crippen molar-refractivity contribution in [2.45, 2.75) is 39.8 Å². The van der Waals surface area contributed by atoms with E-state index < -0.39 is 17.5 Å². The highest BCUT2D eigenvalue weighted by Crippen LogP contribution is 2.30. The van der Waals surface area contributed by atoms with E-state index in [1.165, 1.54) is 16.8 Å². The van der Waals surface area contributed by atoms with Gasteiger partial charge in [0.15, 0.2) is 5.82 Å². The molecule has 7 nitrogen and oxygen atoms in total. The number of hydrogen-bond acceptors (Lipinski definition) is 4. The van der Waals surface area contributed by atoms with Gasteiger partial charge in [0.2, 0.25) is 0 Å². The molecule has 0 saturated carbocycles. The SMILES string of the molecule is Cc1ccc(C(=O)N(CCCN)C(c2nn(-c3cccc(F)c3)c(=O)n2Cc2ccccc2)C(C)C)cc1. The van der Waals surface area contributed by atoms with Crippen molar-refractivity contribution in [1.29, 1.82) is 0 Å². The summed E-state index contributed by atoms with van der Waals surface area (Å²) in [6.07, 6.45) is 0.592. The van der Waals surface area contributed by atoms with Gasteiger partial charge >= 0.3 is 5.69 Å². The molecular weight excluding hydrogens is 481 g/mol. The van der Waals surface area contributed by atoms with Crippen LogP contribution in [0.3, 0.4) is 0 Å². The van der Waals surface area contributed by atoms with Crippen LogP contribution in [0.25, 0.3) is 5.69 Å². The highest BCUT2D eigenvalue weighted by Gasteiger charge is 2.34. The quantitative estimate of drug-likeness (QED) is 0.331. The smallest absolute Gasteiger partial charge is 0.330 e. The van der Waals surface area contributed by atoms with Crippen molar-refractivity contribution in [2.75, 3.05) is 13.1 Å². The molecular formula is C30H34FN5O2. The van der Waals surface area contributed by atoms with Crippen molar-refractivity contribution in [3.05, 3.63) is 118 Å². The summed E-state index contributed by atoms with van der Waals surface area (Å²) in [4.78, 5) is 29.4. The van der Waals surface area contributed by atoms with Gasteiger partial charge in [0.05, 0.1) is 18.3 Å². The van der Waals surface area contributed by atoms with Gasteiger partial charge in [-0.3, -0.25) is 9.36 Å². The summed E-state index contributed by atoms with van der Waals surface area (Å²) in [6, 6.07) is 22.3. The van der Waals surface area contributed by atoms with Crippen molar-refractivity contribution >= 4 is 5.91 Å². The number of hydrogen-bond donors (Lipinski definition) is 1.